The fraction of sp³-hybridized carbons (Fsp3) is 0.300. The summed E-state index contributed by atoms with van der Waals surface area (Å²) in [4.78, 5) is 0. The predicted octanol–water partition coefficient (Wildman–Crippen LogP) is 2.83. The molecular weight excluding hydrogens is 134 g/mol. The Hall–Kier alpha value is -1.29. The Labute approximate surface area is 68.3 Å². The zero-order valence-corrected chi connectivity index (χ0v) is 7.09. The molecule has 0 spiro atoms. The van der Waals surface area contributed by atoms with Crippen LogP contribution in [0.25, 0.3) is 0 Å². The van der Waals surface area contributed by atoms with Gasteiger partial charge in [-0.15, -0.1) is 0 Å². The van der Waals surface area contributed by atoms with Crippen molar-refractivity contribution in [2.24, 2.45) is 5.92 Å². The van der Waals surface area contributed by atoms with Gasteiger partial charge in [-0.25, -0.2) is 0 Å². The molecule has 1 heteroatoms. The summed E-state index contributed by atoms with van der Waals surface area (Å²) in [5, 5.41) is 8.56. The molecule has 0 unspecified atom stereocenters. The van der Waals surface area contributed by atoms with Gasteiger partial charge in [-0.3, -0.25) is 0 Å². The quantitative estimate of drug-likeness (QED) is 0.445. The van der Waals surface area contributed by atoms with Crippen LogP contribution in [0, 0.1) is 17.2 Å². The molecule has 1 nitrogen and oxygen atoms in total. The Morgan fingerprint density at radius 2 is 2.09 bits per heavy atom. The summed E-state index contributed by atoms with van der Waals surface area (Å²) in [6.07, 6.45) is 3.51. The minimum absolute atomic E-state index is 0.333. The molecule has 0 saturated heterocycles. The SMILES string of the molecule is C=C/C=C(\C(=C)C#N)C(C)C. The molecule has 11 heavy (non-hydrogen) atoms. The summed E-state index contributed by atoms with van der Waals surface area (Å²) in [6, 6.07) is 2.02. The first kappa shape index (κ1) is 9.71. The van der Waals surface area contributed by atoms with Gasteiger partial charge in [-0.1, -0.05) is 39.2 Å². The molecule has 0 aromatic heterocycles. The number of nitriles is 1. The molecule has 0 aliphatic carbocycles. The molecule has 0 radical (unpaired) electrons. The van der Waals surface area contributed by atoms with Crippen molar-refractivity contribution in [2.75, 3.05) is 0 Å². The lowest BCUT2D eigenvalue weighted by Crippen LogP contribution is -1.94. The second-order valence-corrected chi connectivity index (χ2v) is 2.60. The molecule has 0 saturated carbocycles. The second-order valence-electron chi connectivity index (χ2n) is 2.60. The van der Waals surface area contributed by atoms with Crippen LogP contribution in [0.3, 0.4) is 0 Å². The van der Waals surface area contributed by atoms with Gasteiger partial charge >= 0.3 is 0 Å². The molecule has 0 aliphatic rings. The lowest BCUT2D eigenvalue weighted by atomic mass is 9.97. The van der Waals surface area contributed by atoms with E-state index in [1.807, 2.05) is 26.0 Å². The highest BCUT2D eigenvalue weighted by Gasteiger charge is 2.04. The highest BCUT2D eigenvalue weighted by molar-refractivity contribution is 5.41. The van der Waals surface area contributed by atoms with E-state index in [0.717, 1.165) is 5.57 Å². The van der Waals surface area contributed by atoms with Crippen LogP contribution in [-0.4, -0.2) is 0 Å². The summed E-state index contributed by atoms with van der Waals surface area (Å²) in [7, 11) is 0. The Morgan fingerprint density at radius 3 is 2.36 bits per heavy atom. The monoisotopic (exact) mass is 147 g/mol. The Kier molecular flexibility index (Phi) is 3.98. The molecule has 0 rings (SSSR count). The fourth-order valence-corrected chi connectivity index (χ4v) is 0.833. The van der Waals surface area contributed by atoms with Gasteiger partial charge in [0.05, 0.1) is 6.07 Å². The Balaban J connectivity index is 4.64. The van der Waals surface area contributed by atoms with E-state index >= 15 is 0 Å². The first-order valence-electron chi connectivity index (χ1n) is 3.55. The van der Waals surface area contributed by atoms with Crippen LogP contribution < -0.4 is 0 Å². The summed E-state index contributed by atoms with van der Waals surface area (Å²) in [5.41, 5.74) is 1.49. The van der Waals surface area contributed by atoms with Gasteiger partial charge < -0.3 is 0 Å². The van der Waals surface area contributed by atoms with Crippen molar-refractivity contribution in [3.05, 3.63) is 36.5 Å². The molecule has 0 aliphatic heterocycles. The van der Waals surface area contributed by atoms with Gasteiger partial charge in [-0.05, 0) is 11.5 Å². The van der Waals surface area contributed by atoms with E-state index in [4.69, 9.17) is 5.26 Å². The number of nitrogens with zero attached hydrogens (tertiary/aromatic N) is 1. The van der Waals surface area contributed by atoms with Crippen molar-refractivity contribution in [1.29, 1.82) is 5.26 Å². The second kappa shape index (κ2) is 4.51. The van der Waals surface area contributed by atoms with E-state index in [2.05, 4.69) is 13.2 Å². The zero-order chi connectivity index (χ0) is 8.85. The van der Waals surface area contributed by atoms with Gasteiger partial charge in [0.15, 0.2) is 0 Å². The van der Waals surface area contributed by atoms with Crippen LogP contribution in [-0.2, 0) is 0 Å². The Bertz CT molecular complexity index is 226. The van der Waals surface area contributed by atoms with Gasteiger partial charge in [-0.2, -0.15) is 5.26 Å². The molecule has 0 aromatic rings. The molecule has 0 amide bonds. The third-order valence-corrected chi connectivity index (χ3v) is 1.40. The minimum Gasteiger partial charge on any atom is -0.192 e. The van der Waals surface area contributed by atoms with Crippen LogP contribution >= 0.6 is 0 Å². The average molecular weight is 147 g/mol. The third-order valence-electron chi connectivity index (χ3n) is 1.40. The maximum Gasteiger partial charge on any atom is 0.0988 e. The van der Waals surface area contributed by atoms with Crippen molar-refractivity contribution in [2.45, 2.75) is 13.8 Å². The molecule has 0 bridgehead atoms. The van der Waals surface area contributed by atoms with Gasteiger partial charge in [0.1, 0.15) is 0 Å². The smallest absolute Gasteiger partial charge is 0.0988 e. The molecule has 58 valence electrons. The summed E-state index contributed by atoms with van der Waals surface area (Å²) >= 11 is 0. The number of rotatable bonds is 3. The van der Waals surface area contributed by atoms with Crippen LogP contribution in [0.15, 0.2) is 36.5 Å². The van der Waals surface area contributed by atoms with Crippen LogP contribution in [0.5, 0.6) is 0 Å². The van der Waals surface area contributed by atoms with E-state index in [1.165, 1.54) is 0 Å². The summed E-state index contributed by atoms with van der Waals surface area (Å²) in [6.45, 7) is 11.3. The number of hydrogen-bond donors (Lipinski definition) is 0. The molecule has 0 atom stereocenters. The van der Waals surface area contributed by atoms with E-state index in [-0.39, 0.29) is 0 Å². The van der Waals surface area contributed by atoms with Crippen LogP contribution in [0.1, 0.15) is 13.8 Å². The standard InChI is InChI=1S/C10H13N/c1-5-6-10(8(2)3)9(4)7-11/h5-6,8H,1,4H2,2-3H3/b10-6-. The maximum absolute atomic E-state index is 8.56. The summed E-state index contributed by atoms with van der Waals surface area (Å²) < 4.78 is 0. The molecule has 0 aromatic carbocycles. The molecule has 0 N–H and O–H groups in total. The first-order chi connectivity index (χ1) is 5.13. The van der Waals surface area contributed by atoms with Crippen molar-refractivity contribution in [3.8, 4) is 6.07 Å². The van der Waals surface area contributed by atoms with E-state index < -0.39 is 0 Å². The largest absolute Gasteiger partial charge is 0.192 e. The lowest BCUT2D eigenvalue weighted by Gasteiger charge is -2.06. The normalized spacial score (nSPS) is 10.9. The highest BCUT2D eigenvalue weighted by atomic mass is 14.3. The topological polar surface area (TPSA) is 23.8 Å². The van der Waals surface area contributed by atoms with E-state index in [1.54, 1.807) is 6.08 Å². The zero-order valence-electron chi connectivity index (χ0n) is 7.09. The van der Waals surface area contributed by atoms with Crippen molar-refractivity contribution >= 4 is 0 Å². The molecule has 0 heterocycles. The van der Waals surface area contributed by atoms with Gasteiger partial charge in [0, 0.05) is 5.57 Å². The van der Waals surface area contributed by atoms with E-state index in [0.29, 0.717) is 11.5 Å². The molecule has 0 fully saturated rings. The number of allylic oxidation sites excluding steroid dienone is 4. The van der Waals surface area contributed by atoms with Crippen molar-refractivity contribution in [1.82, 2.24) is 0 Å². The first-order valence-corrected chi connectivity index (χ1v) is 3.55. The third kappa shape index (κ3) is 2.86. The molecular formula is C10H13N. The Morgan fingerprint density at radius 1 is 1.55 bits per heavy atom. The van der Waals surface area contributed by atoms with Gasteiger partial charge in [0.2, 0.25) is 0 Å². The minimum atomic E-state index is 0.333. The van der Waals surface area contributed by atoms with Gasteiger partial charge in [0.25, 0.3) is 0 Å². The summed E-state index contributed by atoms with van der Waals surface area (Å²) in [5.74, 6) is 0.333. The van der Waals surface area contributed by atoms with Crippen molar-refractivity contribution in [3.63, 3.8) is 0 Å². The lowest BCUT2D eigenvalue weighted by molar-refractivity contribution is 0.785. The van der Waals surface area contributed by atoms with Crippen LogP contribution in [0.2, 0.25) is 0 Å². The van der Waals surface area contributed by atoms with Crippen molar-refractivity contribution < 1.29 is 0 Å². The highest BCUT2D eigenvalue weighted by Crippen LogP contribution is 2.16. The fourth-order valence-electron chi connectivity index (χ4n) is 0.833. The van der Waals surface area contributed by atoms with Crippen LogP contribution in [0.4, 0.5) is 0 Å². The maximum atomic E-state index is 8.56. The van der Waals surface area contributed by atoms with E-state index in [9.17, 15) is 0 Å². The number of hydrogen-bond acceptors (Lipinski definition) is 1. The average Bonchev–Trinajstić information content (AvgIpc) is 1.98. The predicted molar refractivity (Wildman–Crippen MR) is 47.9 cm³/mol.